The first-order chi connectivity index (χ1) is 6.97. The number of piperazine rings is 1. The van der Waals surface area contributed by atoms with Gasteiger partial charge in [0.2, 0.25) is 0 Å². The molecule has 4 nitrogen and oxygen atoms in total. The van der Waals surface area contributed by atoms with Crippen LogP contribution in [-0.2, 0) is 4.74 Å². The van der Waals surface area contributed by atoms with Gasteiger partial charge in [0.05, 0.1) is 12.2 Å². The number of aliphatic hydroxyl groups is 1. The summed E-state index contributed by atoms with van der Waals surface area (Å²) in [5, 5.41) is 12.1. The zero-order valence-electron chi connectivity index (χ0n) is 10.3. The zero-order valence-corrected chi connectivity index (χ0v) is 10.3. The number of hydrogen-bond donors (Lipinski definition) is 3. The highest BCUT2D eigenvalue weighted by atomic mass is 16.5. The molecule has 90 valence electrons. The van der Waals surface area contributed by atoms with Crippen molar-refractivity contribution in [2.24, 2.45) is 0 Å². The van der Waals surface area contributed by atoms with Crippen LogP contribution in [0.3, 0.4) is 0 Å². The van der Waals surface area contributed by atoms with Crippen LogP contribution in [0.15, 0.2) is 0 Å². The second-order valence-electron chi connectivity index (χ2n) is 5.40. The lowest BCUT2D eigenvalue weighted by Crippen LogP contribution is -3.21. The Morgan fingerprint density at radius 1 is 1.33 bits per heavy atom. The highest BCUT2D eigenvalue weighted by molar-refractivity contribution is 4.61. The highest BCUT2D eigenvalue weighted by Gasteiger charge is 2.21. The average Bonchev–Trinajstić information content (AvgIpc) is 2.15. The molecular formula is C11H26N2O2+2. The molecule has 1 fully saturated rings. The molecule has 0 aliphatic carbocycles. The molecule has 0 aromatic carbocycles. The molecule has 0 unspecified atom stereocenters. The van der Waals surface area contributed by atoms with Gasteiger partial charge in [0.1, 0.15) is 38.8 Å². The van der Waals surface area contributed by atoms with Gasteiger partial charge in [-0.15, -0.1) is 0 Å². The zero-order chi connectivity index (χ0) is 11.3. The summed E-state index contributed by atoms with van der Waals surface area (Å²) in [7, 11) is 0. The summed E-state index contributed by atoms with van der Waals surface area (Å²) in [6, 6.07) is 0. The monoisotopic (exact) mass is 218 g/mol. The second-order valence-corrected chi connectivity index (χ2v) is 5.40. The van der Waals surface area contributed by atoms with Crippen LogP contribution in [0, 0.1) is 0 Å². The third-order valence-corrected chi connectivity index (χ3v) is 2.64. The van der Waals surface area contributed by atoms with E-state index in [0.29, 0.717) is 6.61 Å². The van der Waals surface area contributed by atoms with Crippen molar-refractivity contribution in [3.63, 3.8) is 0 Å². The van der Waals surface area contributed by atoms with Crippen LogP contribution in [0.25, 0.3) is 0 Å². The van der Waals surface area contributed by atoms with E-state index in [2.05, 4.69) is 5.32 Å². The molecule has 0 spiro atoms. The molecule has 1 rings (SSSR count). The Kier molecular flexibility index (Phi) is 4.99. The Morgan fingerprint density at radius 2 is 1.93 bits per heavy atom. The van der Waals surface area contributed by atoms with E-state index >= 15 is 0 Å². The van der Waals surface area contributed by atoms with Gasteiger partial charge >= 0.3 is 0 Å². The smallest absolute Gasteiger partial charge is 0.127 e. The van der Waals surface area contributed by atoms with Gasteiger partial charge in [0.25, 0.3) is 0 Å². The fraction of sp³-hybridized carbons (Fsp3) is 1.00. The molecule has 0 amide bonds. The van der Waals surface area contributed by atoms with E-state index in [0.717, 1.165) is 19.6 Å². The highest BCUT2D eigenvalue weighted by Crippen LogP contribution is 2.06. The van der Waals surface area contributed by atoms with Gasteiger partial charge < -0.3 is 20.1 Å². The van der Waals surface area contributed by atoms with Crippen LogP contribution in [-0.4, -0.2) is 56.1 Å². The van der Waals surface area contributed by atoms with Crippen LogP contribution >= 0.6 is 0 Å². The maximum absolute atomic E-state index is 9.81. The predicted octanol–water partition coefficient (Wildman–Crippen LogP) is -2.38. The first kappa shape index (κ1) is 12.9. The Balaban J connectivity index is 2.14. The summed E-state index contributed by atoms with van der Waals surface area (Å²) >= 11 is 0. The normalized spacial score (nSPS) is 21.6. The Morgan fingerprint density at radius 3 is 2.47 bits per heavy atom. The van der Waals surface area contributed by atoms with E-state index < -0.39 is 0 Å². The molecule has 0 radical (unpaired) electrons. The summed E-state index contributed by atoms with van der Waals surface area (Å²) < 4.78 is 5.56. The molecule has 1 aliphatic heterocycles. The van der Waals surface area contributed by atoms with Crippen molar-refractivity contribution in [2.45, 2.75) is 32.5 Å². The van der Waals surface area contributed by atoms with Crippen LogP contribution in [0.1, 0.15) is 20.8 Å². The van der Waals surface area contributed by atoms with Crippen LogP contribution in [0.2, 0.25) is 0 Å². The molecule has 0 aromatic heterocycles. The third-order valence-electron chi connectivity index (χ3n) is 2.64. The lowest BCUT2D eigenvalue weighted by Gasteiger charge is -2.26. The summed E-state index contributed by atoms with van der Waals surface area (Å²) in [6.07, 6.45) is -0.322. The fourth-order valence-corrected chi connectivity index (χ4v) is 1.82. The number of nitrogens with two attached hydrogens (primary N) is 1. The lowest BCUT2D eigenvalue weighted by atomic mass is 10.2. The van der Waals surface area contributed by atoms with E-state index in [9.17, 15) is 5.11 Å². The van der Waals surface area contributed by atoms with Crippen LogP contribution in [0.4, 0.5) is 0 Å². The van der Waals surface area contributed by atoms with E-state index in [1.165, 1.54) is 18.0 Å². The number of rotatable bonds is 4. The van der Waals surface area contributed by atoms with Gasteiger partial charge in [-0.1, -0.05) is 0 Å². The van der Waals surface area contributed by atoms with Crippen molar-refractivity contribution in [1.82, 2.24) is 0 Å². The minimum absolute atomic E-state index is 0.147. The Bertz CT molecular complexity index is 174. The second kappa shape index (κ2) is 5.80. The molecule has 0 saturated carbocycles. The van der Waals surface area contributed by atoms with Gasteiger partial charge in [0, 0.05) is 0 Å². The van der Waals surface area contributed by atoms with Crippen molar-refractivity contribution in [3.05, 3.63) is 0 Å². The SMILES string of the molecule is CC(C)(C)OC[C@@H](O)C[NH+]1CC[NH2+]CC1. The topological polar surface area (TPSA) is 50.5 Å². The Hall–Kier alpha value is -0.160. The molecule has 0 aromatic rings. The Labute approximate surface area is 92.6 Å². The first-order valence-electron chi connectivity index (χ1n) is 5.94. The molecule has 1 aliphatic rings. The summed E-state index contributed by atoms with van der Waals surface area (Å²) in [4.78, 5) is 1.50. The molecule has 15 heavy (non-hydrogen) atoms. The van der Waals surface area contributed by atoms with Crippen molar-refractivity contribution in [1.29, 1.82) is 0 Å². The maximum Gasteiger partial charge on any atom is 0.127 e. The molecule has 1 atom stereocenters. The molecule has 4 heteroatoms. The standard InChI is InChI=1S/C11H24N2O2/c1-11(2,3)15-9-10(14)8-13-6-4-12-5-7-13/h10,12,14H,4-9H2,1-3H3/p+2/t10-/m0/s1. The van der Waals surface area contributed by atoms with E-state index in [4.69, 9.17) is 4.74 Å². The van der Waals surface area contributed by atoms with Gasteiger partial charge in [-0.3, -0.25) is 0 Å². The van der Waals surface area contributed by atoms with Crippen molar-refractivity contribution in [2.75, 3.05) is 39.3 Å². The number of hydrogen-bond acceptors (Lipinski definition) is 2. The fourth-order valence-electron chi connectivity index (χ4n) is 1.82. The van der Waals surface area contributed by atoms with Gasteiger partial charge in [0.15, 0.2) is 0 Å². The number of ether oxygens (including phenoxy) is 1. The largest absolute Gasteiger partial charge is 0.385 e. The minimum atomic E-state index is -0.322. The molecule has 0 bridgehead atoms. The molecule has 1 saturated heterocycles. The third kappa shape index (κ3) is 6.10. The molecule has 4 N–H and O–H groups in total. The average molecular weight is 218 g/mol. The van der Waals surface area contributed by atoms with Gasteiger partial charge in [-0.2, -0.15) is 0 Å². The molecular weight excluding hydrogens is 192 g/mol. The van der Waals surface area contributed by atoms with Crippen molar-refractivity contribution < 1.29 is 20.1 Å². The first-order valence-corrected chi connectivity index (χ1v) is 5.94. The summed E-state index contributed by atoms with van der Waals surface area (Å²) in [5.74, 6) is 0. The summed E-state index contributed by atoms with van der Waals surface area (Å²) in [6.45, 7) is 12.0. The number of nitrogens with one attached hydrogen (secondary N) is 1. The van der Waals surface area contributed by atoms with Crippen molar-refractivity contribution in [3.8, 4) is 0 Å². The maximum atomic E-state index is 9.81. The minimum Gasteiger partial charge on any atom is -0.385 e. The predicted molar refractivity (Wildman–Crippen MR) is 58.9 cm³/mol. The van der Waals surface area contributed by atoms with Crippen molar-refractivity contribution >= 4 is 0 Å². The lowest BCUT2D eigenvalue weighted by molar-refractivity contribution is -0.949. The van der Waals surface area contributed by atoms with E-state index in [1.54, 1.807) is 0 Å². The molecule has 1 heterocycles. The quantitative estimate of drug-likeness (QED) is 0.494. The van der Waals surface area contributed by atoms with Crippen LogP contribution < -0.4 is 10.2 Å². The van der Waals surface area contributed by atoms with E-state index in [-0.39, 0.29) is 11.7 Å². The van der Waals surface area contributed by atoms with E-state index in [1.807, 2.05) is 20.8 Å². The number of quaternary nitrogens is 2. The summed E-state index contributed by atoms with van der Waals surface area (Å²) in [5.41, 5.74) is -0.147. The number of aliphatic hydroxyl groups excluding tert-OH is 1. The van der Waals surface area contributed by atoms with Gasteiger partial charge in [-0.05, 0) is 20.8 Å². The van der Waals surface area contributed by atoms with Gasteiger partial charge in [-0.25, -0.2) is 0 Å². The van der Waals surface area contributed by atoms with Crippen LogP contribution in [0.5, 0.6) is 0 Å².